The fourth-order valence-electron chi connectivity index (χ4n) is 2.47. The van der Waals surface area contributed by atoms with Crippen LogP contribution in [0.15, 0.2) is 42.5 Å². The minimum atomic E-state index is -0.549. The van der Waals surface area contributed by atoms with Gasteiger partial charge < -0.3 is 16.0 Å². The number of hydrogen-bond acceptors (Lipinski definition) is 5. The smallest absolute Gasteiger partial charge is 0.270 e. The van der Waals surface area contributed by atoms with Crippen molar-refractivity contribution < 1.29 is 14.5 Å². The fourth-order valence-corrected chi connectivity index (χ4v) is 2.47. The van der Waals surface area contributed by atoms with E-state index >= 15 is 0 Å². The van der Waals surface area contributed by atoms with Gasteiger partial charge in [0.2, 0.25) is 5.91 Å². The Morgan fingerprint density at radius 3 is 2.56 bits per heavy atom. The number of amides is 2. The number of hydrogen-bond donors (Lipinski definition) is 2. The Balaban J connectivity index is 2.36. The van der Waals surface area contributed by atoms with Gasteiger partial charge in [-0.3, -0.25) is 19.7 Å². The van der Waals surface area contributed by atoms with Crippen LogP contribution in [-0.2, 0) is 6.54 Å². The molecule has 0 aliphatic heterocycles. The zero-order valence-corrected chi connectivity index (χ0v) is 13.9. The molecule has 0 spiro atoms. The number of nitrogens with one attached hydrogen (secondary N) is 1. The van der Waals surface area contributed by atoms with E-state index in [4.69, 9.17) is 5.73 Å². The summed E-state index contributed by atoms with van der Waals surface area (Å²) in [5.74, 6) is -0.942. The molecule has 8 nitrogen and oxygen atoms in total. The number of rotatable bonds is 6. The Hall–Kier alpha value is -3.42. The lowest BCUT2D eigenvalue weighted by molar-refractivity contribution is -0.384. The first kappa shape index (κ1) is 17.9. The summed E-state index contributed by atoms with van der Waals surface area (Å²) < 4.78 is 0. The third kappa shape index (κ3) is 4.11. The molecule has 0 atom stereocenters. The van der Waals surface area contributed by atoms with Gasteiger partial charge >= 0.3 is 0 Å². The molecule has 0 radical (unpaired) electrons. The highest BCUT2D eigenvalue weighted by Gasteiger charge is 2.18. The fraction of sp³-hybridized carbons (Fsp3) is 0.176. The Bertz CT molecular complexity index is 835. The van der Waals surface area contributed by atoms with E-state index in [-0.39, 0.29) is 11.3 Å². The number of benzene rings is 2. The first-order chi connectivity index (χ1) is 11.8. The molecule has 0 bridgehead atoms. The van der Waals surface area contributed by atoms with Gasteiger partial charge in [-0.05, 0) is 23.8 Å². The topological polar surface area (TPSA) is 119 Å². The van der Waals surface area contributed by atoms with Crippen LogP contribution in [0.3, 0.4) is 0 Å². The summed E-state index contributed by atoms with van der Waals surface area (Å²) in [7, 11) is 3.21. The van der Waals surface area contributed by atoms with Crippen LogP contribution in [0.1, 0.15) is 26.3 Å². The van der Waals surface area contributed by atoms with Crippen molar-refractivity contribution in [1.82, 2.24) is 5.32 Å². The Labute approximate surface area is 144 Å². The molecule has 0 saturated heterocycles. The second-order valence-corrected chi connectivity index (χ2v) is 5.46. The van der Waals surface area contributed by atoms with Gasteiger partial charge in [-0.2, -0.15) is 0 Å². The van der Waals surface area contributed by atoms with Gasteiger partial charge in [-0.1, -0.05) is 12.1 Å². The van der Waals surface area contributed by atoms with Gasteiger partial charge in [0.05, 0.1) is 16.2 Å². The van der Waals surface area contributed by atoms with E-state index in [9.17, 15) is 19.7 Å². The predicted octanol–water partition coefficient (Wildman–Crippen LogP) is 1.69. The minimum Gasteiger partial charge on any atom is -0.370 e. The predicted molar refractivity (Wildman–Crippen MR) is 93.6 cm³/mol. The summed E-state index contributed by atoms with van der Waals surface area (Å²) >= 11 is 0. The average Bonchev–Trinajstić information content (AvgIpc) is 2.60. The van der Waals surface area contributed by atoms with Crippen LogP contribution >= 0.6 is 0 Å². The van der Waals surface area contributed by atoms with Crippen molar-refractivity contribution in [2.24, 2.45) is 5.73 Å². The highest BCUT2D eigenvalue weighted by Crippen LogP contribution is 2.26. The second kappa shape index (κ2) is 7.43. The second-order valence-electron chi connectivity index (χ2n) is 5.46. The molecule has 0 saturated carbocycles. The van der Waals surface area contributed by atoms with E-state index in [0.29, 0.717) is 17.8 Å². The van der Waals surface area contributed by atoms with Crippen LogP contribution in [0.2, 0.25) is 0 Å². The number of nitro benzene ring substituents is 1. The Kier molecular flexibility index (Phi) is 5.33. The van der Waals surface area contributed by atoms with E-state index in [0.717, 1.165) is 5.56 Å². The molecule has 130 valence electrons. The number of carbonyl (C=O) groups is 2. The molecule has 25 heavy (non-hydrogen) atoms. The number of non-ortho nitro benzene ring substituents is 1. The Morgan fingerprint density at radius 1 is 1.24 bits per heavy atom. The zero-order valence-electron chi connectivity index (χ0n) is 13.9. The van der Waals surface area contributed by atoms with Crippen molar-refractivity contribution in [2.45, 2.75) is 6.54 Å². The van der Waals surface area contributed by atoms with Gasteiger partial charge in [0.25, 0.3) is 11.6 Å². The minimum absolute atomic E-state index is 0.161. The van der Waals surface area contributed by atoms with E-state index in [2.05, 4.69) is 5.32 Å². The maximum Gasteiger partial charge on any atom is 0.270 e. The maximum atomic E-state index is 12.1. The highest BCUT2D eigenvalue weighted by molar-refractivity contribution is 6.00. The molecule has 0 unspecified atom stereocenters. The summed E-state index contributed by atoms with van der Waals surface area (Å²) in [6, 6.07) is 11.0. The van der Waals surface area contributed by atoms with Crippen LogP contribution < -0.4 is 16.0 Å². The number of nitro groups is 1. The molecular formula is C17H18N4O4. The van der Waals surface area contributed by atoms with E-state index < -0.39 is 16.7 Å². The molecule has 0 aromatic heterocycles. The third-order valence-electron chi connectivity index (χ3n) is 3.71. The molecule has 0 aliphatic rings. The van der Waals surface area contributed by atoms with Gasteiger partial charge in [0, 0.05) is 38.3 Å². The summed E-state index contributed by atoms with van der Waals surface area (Å²) in [5.41, 5.74) is 7.07. The zero-order chi connectivity index (χ0) is 18.6. The lowest BCUT2D eigenvalue weighted by Crippen LogP contribution is -2.24. The van der Waals surface area contributed by atoms with Crippen molar-refractivity contribution in [2.75, 3.05) is 19.0 Å². The standard InChI is InChI=1S/C17H18N4O4/c1-19-17(23)14-9-13(21(24)25)6-7-15(14)20(2)10-11-4-3-5-12(8-11)16(18)22/h3-9H,10H2,1-2H3,(H2,18,22)(H,19,23). The monoisotopic (exact) mass is 342 g/mol. The van der Waals surface area contributed by atoms with Crippen molar-refractivity contribution in [1.29, 1.82) is 0 Å². The van der Waals surface area contributed by atoms with Crippen molar-refractivity contribution in [3.63, 3.8) is 0 Å². The van der Waals surface area contributed by atoms with Gasteiger partial charge in [-0.25, -0.2) is 0 Å². The maximum absolute atomic E-state index is 12.1. The van der Waals surface area contributed by atoms with Crippen LogP contribution in [0.4, 0.5) is 11.4 Å². The molecule has 0 heterocycles. The van der Waals surface area contributed by atoms with Crippen LogP contribution in [0.5, 0.6) is 0 Å². The Morgan fingerprint density at radius 2 is 1.96 bits per heavy atom. The molecule has 2 aromatic carbocycles. The lowest BCUT2D eigenvalue weighted by atomic mass is 10.1. The van der Waals surface area contributed by atoms with Crippen LogP contribution in [0, 0.1) is 10.1 Å². The number of carbonyl (C=O) groups excluding carboxylic acids is 2. The van der Waals surface area contributed by atoms with E-state index in [1.54, 1.807) is 30.1 Å². The molecule has 2 rings (SSSR count). The molecule has 2 amide bonds. The molecule has 8 heteroatoms. The summed E-state index contributed by atoms with van der Waals surface area (Å²) in [6.45, 7) is 0.392. The summed E-state index contributed by atoms with van der Waals surface area (Å²) in [6.07, 6.45) is 0. The van der Waals surface area contributed by atoms with Crippen LogP contribution in [0.25, 0.3) is 0 Å². The largest absolute Gasteiger partial charge is 0.370 e. The number of primary amides is 1. The lowest BCUT2D eigenvalue weighted by Gasteiger charge is -2.22. The number of nitrogens with two attached hydrogens (primary N) is 1. The highest BCUT2D eigenvalue weighted by atomic mass is 16.6. The summed E-state index contributed by atoms with van der Waals surface area (Å²) in [4.78, 5) is 35.5. The molecule has 2 aromatic rings. The van der Waals surface area contributed by atoms with Crippen molar-refractivity contribution >= 4 is 23.2 Å². The SMILES string of the molecule is CNC(=O)c1cc([N+](=O)[O-])ccc1N(C)Cc1cccc(C(N)=O)c1. The molecule has 0 fully saturated rings. The first-order valence-electron chi connectivity index (χ1n) is 7.44. The van der Waals surface area contributed by atoms with Crippen LogP contribution in [-0.4, -0.2) is 30.8 Å². The van der Waals surface area contributed by atoms with Gasteiger partial charge in [0.1, 0.15) is 0 Å². The molecule has 0 aliphatic carbocycles. The van der Waals surface area contributed by atoms with E-state index in [1.807, 2.05) is 6.07 Å². The normalized spacial score (nSPS) is 10.2. The van der Waals surface area contributed by atoms with Crippen molar-refractivity contribution in [3.8, 4) is 0 Å². The third-order valence-corrected chi connectivity index (χ3v) is 3.71. The first-order valence-corrected chi connectivity index (χ1v) is 7.44. The van der Waals surface area contributed by atoms with Crippen molar-refractivity contribution in [3.05, 3.63) is 69.3 Å². The number of nitrogens with zero attached hydrogens (tertiary/aromatic N) is 2. The van der Waals surface area contributed by atoms with Gasteiger partial charge in [0.15, 0.2) is 0 Å². The average molecular weight is 342 g/mol. The van der Waals surface area contributed by atoms with Gasteiger partial charge in [-0.15, -0.1) is 0 Å². The number of anilines is 1. The van der Waals surface area contributed by atoms with E-state index in [1.165, 1.54) is 25.2 Å². The molecular weight excluding hydrogens is 324 g/mol. The summed E-state index contributed by atoms with van der Waals surface area (Å²) in [5, 5.41) is 13.4. The molecule has 3 N–H and O–H groups in total. The quantitative estimate of drug-likeness (QED) is 0.611.